The Hall–Kier alpha value is -2.39. The van der Waals surface area contributed by atoms with Crippen LogP contribution in [0.2, 0.25) is 5.15 Å². The van der Waals surface area contributed by atoms with Gasteiger partial charge in [-0.05, 0) is 31.4 Å². The molecular formula is C20H19ClF3N5S. The Morgan fingerprint density at radius 3 is 2.73 bits per heavy atom. The van der Waals surface area contributed by atoms with Gasteiger partial charge in [-0.25, -0.2) is 9.50 Å². The van der Waals surface area contributed by atoms with Crippen LogP contribution in [0.15, 0.2) is 30.5 Å². The lowest BCUT2D eigenvalue weighted by molar-refractivity contribution is -0.131. The number of aromatic nitrogens is 3. The molecule has 0 bridgehead atoms. The Morgan fingerprint density at radius 2 is 2.07 bits per heavy atom. The van der Waals surface area contributed by atoms with Crippen molar-refractivity contribution < 1.29 is 13.2 Å². The van der Waals surface area contributed by atoms with Crippen LogP contribution in [-0.4, -0.2) is 38.3 Å². The SMILES string of the molecule is Cc1cc(-c2cnc3c(NCCC(F)(F)F)cc(Cl)nn23)ccc1C(=S)NC1CC1. The van der Waals surface area contributed by atoms with Crippen LogP contribution in [0.4, 0.5) is 18.9 Å². The molecule has 2 N–H and O–H groups in total. The van der Waals surface area contributed by atoms with E-state index in [9.17, 15) is 13.2 Å². The second-order valence-electron chi connectivity index (χ2n) is 7.33. The van der Waals surface area contributed by atoms with Gasteiger partial charge < -0.3 is 10.6 Å². The van der Waals surface area contributed by atoms with Crippen LogP contribution in [0.1, 0.15) is 30.4 Å². The summed E-state index contributed by atoms with van der Waals surface area (Å²) < 4.78 is 38.9. The predicted octanol–water partition coefficient (Wildman–Crippen LogP) is 5.15. The fourth-order valence-electron chi connectivity index (χ4n) is 3.17. The number of fused-ring (bicyclic) bond motifs is 1. The van der Waals surface area contributed by atoms with Crippen molar-refractivity contribution in [2.24, 2.45) is 0 Å². The van der Waals surface area contributed by atoms with Crippen LogP contribution < -0.4 is 10.6 Å². The zero-order chi connectivity index (χ0) is 21.5. The first-order valence-electron chi connectivity index (χ1n) is 9.48. The minimum Gasteiger partial charge on any atom is -0.382 e. The molecule has 1 saturated carbocycles. The van der Waals surface area contributed by atoms with Gasteiger partial charge in [0, 0.05) is 29.8 Å². The van der Waals surface area contributed by atoms with Crippen LogP contribution in [-0.2, 0) is 0 Å². The molecule has 158 valence electrons. The highest BCUT2D eigenvalue weighted by Gasteiger charge is 2.26. The third-order valence-electron chi connectivity index (χ3n) is 4.84. The number of imidazole rings is 1. The molecule has 2 heterocycles. The van der Waals surface area contributed by atoms with Gasteiger partial charge in [-0.15, -0.1) is 0 Å². The van der Waals surface area contributed by atoms with E-state index in [0.29, 0.717) is 23.1 Å². The van der Waals surface area contributed by atoms with Gasteiger partial charge in [0.15, 0.2) is 10.8 Å². The van der Waals surface area contributed by atoms with Gasteiger partial charge in [0.25, 0.3) is 0 Å². The lowest BCUT2D eigenvalue weighted by Crippen LogP contribution is -2.25. The highest BCUT2D eigenvalue weighted by atomic mass is 35.5. The molecule has 1 aromatic carbocycles. The van der Waals surface area contributed by atoms with Crippen molar-refractivity contribution in [2.45, 2.75) is 38.4 Å². The van der Waals surface area contributed by atoms with Crippen LogP contribution in [0.5, 0.6) is 0 Å². The lowest BCUT2D eigenvalue weighted by atomic mass is 10.0. The molecule has 2 aromatic heterocycles. The fraction of sp³-hybridized carbons (Fsp3) is 0.350. The van der Waals surface area contributed by atoms with E-state index in [-0.39, 0.29) is 11.7 Å². The first-order valence-corrected chi connectivity index (χ1v) is 10.3. The standard InChI is InChI=1S/C20H19ClF3N5S/c1-11-8-12(2-5-14(11)19(30)27-13-3-4-13)16-10-26-18-15(9-17(21)28-29(16)18)25-7-6-20(22,23)24/h2,5,8-10,13,25H,3-4,6-7H2,1H3,(H,27,30). The summed E-state index contributed by atoms with van der Waals surface area (Å²) >= 11 is 11.6. The number of anilines is 1. The first-order chi connectivity index (χ1) is 14.2. The van der Waals surface area contributed by atoms with E-state index in [4.69, 9.17) is 23.8 Å². The number of rotatable bonds is 6. The van der Waals surface area contributed by atoms with Crippen LogP contribution in [0, 0.1) is 6.92 Å². The largest absolute Gasteiger partial charge is 0.390 e. The summed E-state index contributed by atoms with van der Waals surface area (Å²) in [6.45, 7) is 1.70. The summed E-state index contributed by atoms with van der Waals surface area (Å²) in [6, 6.07) is 7.81. The van der Waals surface area contributed by atoms with Crippen molar-refractivity contribution in [2.75, 3.05) is 11.9 Å². The molecule has 4 rings (SSSR count). The number of nitrogens with one attached hydrogen (secondary N) is 2. The minimum absolute atomic E-state index is 0.152. The van der Waals surface area contributed by atoms with E-state index >= 15 is 0 Å². The molecule has 3 aromatic rings. The Bertz CT molecular complexity index is 1110. The monoisotopic (exact) mass is 453 g/mol. The third-order valence-corrected chi connectivity index (χ3v) is 5.36. The van der Waals surface area contributed by atoms with Crippen molar-refractivity contribution in [1.82, 2.24) is 19.9 Å². The summed E-state index contributed by atoms with van der Waals surface area (Å²) in [7, 11) is 0. The zero-order valence-electron chi connectivity index (χ0n) is 16.1. The summed E-state index contributed by atoms with van der Waals surface area (Å²) in [5.74, 6) is 0. The average molecular weight is 454 g/mol. The van der Waals surface area contributed by atoms with Crippen molar-refractivity contribution in [3.63, 3.8) is 0 Å². The molecule has 0 aliphatic heterocycles. The Labute approximate surface area is 181 Å². The van der Waals surface area contributed by atoms with Gasteiger partial charge in [0.05, 0.1) is 24.0 Å². The fourth-order valence-corrected chi connectivity index (χ4v) is 3.75. The molecule has 0 unspecified atom stereocenters. The summed E-state index contributed by atoms with van der Waals surface area (Å²) in [4.78, 5) is 5.08. The van der Waals surface area contributed by atoms with Gasteiger partial charge in [-0.2, -0.15) is 18.3 Å². The second-order valence-corrected chi connectivity index (χ2v) is 8.12. The minimum atomic E-state index is -4.24. The number of alkyl halides is 3. The second kappa shape index (κ2) is 8.03. The number of hydrogen-bond acceptors (Lipinski definition) is 4. The number of thiocarbonyl (C=S) groups is 1. The highest BCUT2D eigenvalue weighted by Crippen LogP contribution is 2.28. The maximum absolute atomic E-state index is 12.5. The van der Waals surface area contributed by atoms with Gasteiger partial charge in [0.2, 0.25) is 0 Å². The molecule has 1 fully saturated rings. The number of aryl methyl sites for hydroxylation is 1. The molecule has 0 spiro atoms. The van der Waals surface area contributed by atoms with Crippen LogP contribution >= 0.6 is 23.8 Å². The van der Waals surface area contributed by atoms with Crippen LogP contribution in [0.25, 0.3) is 16.9 Å². The topological polar surface area (TPSA) is 54.2 Å². The van der Waals surface area contributed by atoms with Crippen molar-refractivity contribution in [3.05, 3.63) is 46.7 Å². The maximum Gasteiger partial charge on any atom is 0.390 e. The van der Waals surface area contributed by atoms with Gasteiger partial charge in [0.1, 0.15) is 4.99 Å². The first kappa shape index (κ1) is 20.9. The number of nitrogens with zero attached hydrogens (tertiary/aromatic N) is 3. The molecule has 10 heteroatoms. The van der Waals surface area contributed by atoms with E-state index < -0.39 is 12.6 Å². The van der Waals surface area contributed by atoms with Crippen molar-refractivity contribution >= 4 is 40.1 Å². The normalized spacial score (nSPS) is 14.2. The van der Waals surface area contributed by atoms with Gasteiger partial charge >= 0.3 is 6.18 Å². The van der Waals surface area contributed by atoms with E-state index in [1.807, 2.05) is 25.1 Å². The van der Waals surface area contributed by atoms with E-state index in [1.165, 1.54) is 10.6 Å². The number of halogens is 4. The smallest absolute Gasteiger partial charge is 0.382 e. The zero-order valence-corrected chi connectivity index (χ0v) is 17.6. The molecule has 5 nitrogen and oxygen atoms in total. The van der Waals surface area contributed by atoms with Gasteiger partial charge in [-0.1, -0.05) is 36.0 Å². The molecule has 1 aliphatic rings. The third kappa shape index (κ3) is 4.67. The number of hydrogen-bond donors (Lipinski definition) is 2. The van der Waals surface area contributed by atoms with Crippen molar-refractivity contribution in [1.29, 1.82) is 0 Å². The lowest BCUT2D eigenvalue weighted by Gasteiger charge is -2.12. The molecule has 0 radical (unpaired) electrons. The van der Waals surface area contributed by atoms with E-state index in [2.05, 4.69) is 20.7 Å². The summed E-state index contributed by atoms with van der Waals surface area (Å²) in [5, 5.41) is 10.5. The summed E-state index contributed by atoms with van der Waals surface area (Å²) in [6.07, 6.45) is -1.28. The Morgan fingerprint density at radius 1 is 1.30 bits per heavy atom. The molecule has 30 heavy (non-hydrogen) atoms. The van der Waals surface area contributed by atoms with E-state index in [1.54, 1.807) is 6.20 Å². The van der Waals surface area contributed by atoms with Crippen molar-refractivity contribution in [3.8, 4) is 11.3 Å². The number of benzene rings is 1. The Kier molecular flexibility index (Phi) is 5.59. The molecule has 0 atom stereocenters. The molecule has 1 aliphatic carbocycles. The molecule has 0 amide bonds. The maximum atomic E-state index is 12.5. The quantitative estimate of drug-likeness (QED) is 0.505. The average Bonchev–Trinajstić information content (AvgIpc) is 3.36. The highest BCUT2D eigenvalue weighted by molar-refractivity contribution is 7.80. The Balaban J connectivity index is 1.63. The summed E-state index contributed by atoms with van der Waals surface area (Å²) in [5.41, 5.74) is 4.31. The molecule has 0 saturated heterocycles. The van der Waals surface area contributed by atoms with E-state index in [0.717, 1.165) is 34.5 Å². The van der Waals surface area contributed by atoms with Gasteiger partial charge in [-0.3, -0.25) is 0 Å². The van der Waals surface area contributed by atoms with Crippen LogP contribution in [0.3, 0.4) is 0 Å². The predicted molar refractivity (Wildman–Crippen MR) is 115 cm³/mol. The molecular weight excluding hydrogens is 435 g/mol.